The topological polar surface area (TPSA) is 77.5 Å². The Hall–Kier alpha value is -1.12. The number of hydrogen-bond donors (Lipinski definition) is 1. The Morgan fingerprint density at radius 3 is 2.22 bits per heavy atom. The van der Waals surface area contributed by atoms with Gasteiger partial charge in [0.25, 0.3) is 0 Å². The average Bonchev–Trinajstić information content (AvgIpc) is 3.18. The lowest BCUT2D eigenvalue weighted by molar-refractivity contribution is 0.00578. The highest BCUT2D eigenvalue weighted by Gasteiger charge is 2.52. The highest BCUT2D eigenvalue weighted by atomic mass is 32.2. The van der Waals surface area contributed by atoms with Gasteiger partial charge in [0, 0.05) is 11.2 Å². The summed E-state index contributed by atoms with van der Waals surface area (Å²) in [5.74, 6) is 0.342. The van der Waals surface area contributed by atoms with Gasteiger partial charge in [0.15, 0.2) is 0 Å². The van der Waals surface area contributed by atoms with E-state index in [4.69, 9.17) is 9.31 Å². The number of sulfonamides is 1. The van der Waals surface area contributed by atoms with Gasteiger partial charge in [0.05, 0.1) is 16.5 Å². The first kappa shape index (κ1) is 16.7. The van der Waals surface area contributed by atoms with Crippen molar-refractivity contribution in [3.05, 3.63) is 17.8 Å². The molecule has 0 spiro atoms. The van der Waals surface area contributed by atoms with Crippen LogP contribution in [0.15, 0.2) is 12.1 Å². The minimum Gasteiger partial charge on any atom is -0.399 e. The van der Waals surface area contributed by atoms with Crippen LogP contribution in [-0.4, -0.2) is 37.0 Å². The summed E-state index contributed by atoms with van der Waals surface area (Å²) in [7, 11) is -3.80. The molecule has 1 aliphatic heterocycles. The Labute approximate surface area is 138 Å². The van der Waals surface area contributed by atoms with Gasteiger partial charge in [-0.25, -0.2) is 13.4 Å². The van der Waals surface area contributed by atoms with Crippen molar-refractivity contribution >= 4 is 28.4 Å². The molecule has 1 aromatic rings. The van der Waals surface area contributed by atoms with E-state index in [1.54, 1.807) is 6.07 Å². The highest BCUT2D eigenvalue weighted by molar-refractivity contribution is 7.93. The van der Waals surface area contributed by atoms with Crippen LogP contribution in [0.4, 0.5) is 5.82 Å². The van der Waals surface area contributed by atoms with Crippen molar-refractivity contribution in [1.82, 2.24) is 4.98 Å². The summed E-state index contributed by atoms with van der Waals surface area (Å²) in [6, 6.07) is 3.47. The quantitative estimate of drug-likeness (QED) is 0.844. The first-order valence-electron chi connectivity index (χ1n) is 7.87. The number of nitrogens with one attached hydrogen (secondary N) is 1. The van der Waals surface area contributed by atoms with Crippen molar-refractivity contribution < 1.29 is 17.7 Å². The molecule has 0 bridgehead atoms. The van der Waals surface area contributed by atoms with Crippen molar-refractivity contribution in [2.24, 2.45) is 0 Å². The second-order valence-electron chi connectivity index (χ2n) is 7.31. The Kier molecular flexibility index (Phi) is 3.78. The van der Waals surface area contributed by atoms with Crippen LogP contribution in [-0.2, 0) is 19.3 Å². The summed E-state index contributed by atoms with van der Waals surface area (Å²) in [5.41, 5.74) is 0.671. The van der Waals surface area contributed by atoms with E-state index in [0.29, 0.717) is 11.5 Å². The van der Waals surface area contributed by atoms with Crippen LogP contribution in [0.5, 0.6) is 0 Å². The maximum atomic E-state index is 12.0. The molecule has 1 saturated heterocycles. The summed E-state index contributed by atoms with van der Waals surface area (Å²) in [5, 5.41) is -0.271. The van der Waals surface area contributed by atoms with Gasteiger partial charge < -0.3 is 9.31 Å². The molecule has 0 atom stereocenters. The third-order valence-electron chi connectivity index (χ3n) is 4.84. The number of hydrogen-bond acceptors (Lipinski definition) is 5. The molecule has 0 aromatic carbocycles. The maximum absolute atomic E-state index is 12.0. The number of aryl methyl sites for hydroxylation is 1. The van der Waals surface area contributed by atoms with Gasteiger partial charge in [-0.3, -0.25) is 4.72 Å². The summed E-state index contributed by atoms with van der Waals surface area (Å²) in [4.78, 5) is 4.36. The molecular formula is C15H23BN2O4S. The summed E-state index contributed by atoms with van der Waals surface area (Å²) in [6.07, 6.45) is 1.45. The van der Waals surface area contributed by atoms with E-state index < -0.39 is 28.3 Å². The molecule has 0 unspecified atom stereocenters. The Bertz CT molecular complexity index is 713. The third kappa shape index (κ3) is 3.12. The van der Waals surface area contributed by atoms with Gasteiger partial charge in [-0.15, -0.1) is 0 Å². The number of anilines is 1. The molecule has 1 saturated carbocycles. The molecule has 3 rings (SSSR count). The fourth-order valence-electron chi connectivity index (χ4n) is 2.46. The van der Waals surface area contributed by atoms with Gasteiger partial charge in [0.2, 0.25) is 10.0 Å². The number of pyridine rings is 1. The molecule has 8 heteroatoms. The minimum atomic E-state index is -3.30. The van der Waals surface area contributed by atoms with Gasteiger partial charge >= 0.3 is 7.12 Å². The van der Waals surface area contributed by atoms with Crippen LogP contribution in [0.25, 0.3) is 0 Å². The van der Waals surface area contributed by atoms with Gasteiger partial charge in [0.1, 0.15) is 5.82 Å². The number of nitrogens with zero attached hydrogens (tertiary/aromatic N) is 1. The Morgan fingerprint density at radius 1 is 1.17 bits per heavy atom. The van der Waals surface area contributed by atoms with Crippen LogP contribution in [0.2, 0.25) is 0 Å². The van der Waals surface area contributed by atoms with E-state index >= 15 is 0 Å². The molecule has 1 N–H and O–H groups in total. The van der Waals surface area contributed by atoms with Crippen molar-refractivity contribution in [3.8, 4) is 0 Å². The average molecular weight is 338 g/mol. The zero-order valence-electron chi connectivity index (χ0n) is 14.2. The molecule has 23 heavy (non-hydrogen) atoms. The molecule has 2 aliphatic rings. The predicted octanol–water partition coefficient (Wildman–Crippen LogP) is 1.59. The van der Waals surface area contributed by atoms with Crippen LogP contribution in [0, 0.1) is 6.92 Å². The van der Waals surface area contributed by atoms with Crippen LogP contribution < -0.4 is 10.2 Å². The molecule has 6 nitrogen and oxygen atoms in total. The third-order valence-corrected chi connectivity index (χ3v) is 6.69. The summed E-state index contributed by atoms with van der Waals surface area (Å²) < 4.78 is 38.6. The standard InChI is InChI=1S/C15H23BN2O4S/c1-10-12(16-21-14(2,3)15(4,5)22-16)8-9-13(17-10)18-23(19,20)11-6-7-11/h8-9,11H,6-7H2,1-5H3,(H,17,18). The predicted molar refractivity (Wildman–Crippen MR) is 90.3 cm³/mol. The Morgan fingerprint density at radius 2 is 1.74 bits per heavy atom. The second-order valence-corrected chi connectivity index (χ2v) is 9.27. The van der Waals surface area contributed by atoms with E-state index in [1.165, 1.54) is 0 Å². The van der Waals surface area contributed by atoms with Crippen molar-refractivity contribution in [1.29, 1.82) is 0 Å². The number of aromatic nitrogens is 1. The molecular weight excluding hydrogens is 315 g/mol. The van der Waals surface area contributed by atoms with Gasteiger partial charge in [-0.1, -0.05) is 6.07 Å². The van der Waals surface area contributed by atoms with E-state index in [9.17, 15) is 8.42 Å². The van der Waals surface area contributed by atoms with E-state index in [2.05, 4.69) is 9.71 Å². The number of rotatable bonds is 4. The van der Waals surface area contributed by atoms with Crippen molar-refractivity contribution in [3.63, 3.8) is 0 Å². The fourth-order valence-corrected chi connectivity index (χ4v) is 3.78. The van der Waals surface area contributed by atoms with Crippen LogP contribution in [0.3, 0.4) is 0 Å². The summed E-state index contributed by atoms with van der Waals surface area (Å²) in [6.45, 7) is 9.80. The largest absolute Gasteiger partial charge is 0.496 e. The van der Waals surface area contributed by atoms with E-state index in [-0.39, 0.29) is 5.25 Å². The minimum absolute atomic E-state index is 0.271. The lowest BCUT2D eigenvalue weighted by atomic mass is 9.78. The zero-order chi connectivity index (χ0) is 17.0. The molecule has 2 fully saturated rings. The molecule has 2 heterocycles. The fraction of sp³-hybridized carbons (Fsp3) is 0.667. The van der Waals surface area contributed by atoms with Gasteiger partial charge in [-0.05, 0) is 53.5 Å². The summed E-state index contributed by atoms with van der Waals surface area (Å²) >= 11 is 0. The highest BCUT2D eigenvalue weighted by Crippen LogP contribution is 2.36. The lowest BCUT2D eigenvalue weighted by Gasteiger charge is -2.32. The van der Waals surface area contributed by atoms with Crippen LogP contribution in [0.1, 0.15) is 46.2 Å². The second kappa shape index (κ2) is 5.19. The monoisotopic (exact) mass is 338 g/mol. The smallest absolute Gasteiger partial charge is 0.399 e. The van der Waals surface area contributed by atoms with E-state index in [0.717, 1.165) is 18.3 Å². The van der Waals surface area contributed by atoms with Crippen molar-refractivity contribution in [2.45, 2.75) is 63.9 Å². The first-order chi connectivity index (χ1) is 10.5. The maximum Gasteiger partial charge on any atom is 0.496 e. The van der Waals surface area contributed by atoms with Crippen molar-refractivity contribution in [2.75, 3.05) is 4.72 Å². The lowest BCUT2D eigenvalue weighted by Crippen LogP contribution is -2.41. The molecule has 1 aromatic heterocycles. The first-order valence-corrected chi connectivity index (χ1v) is 9.41. The zero-order valence-corrected chi connectivity index (χ0v) is 15.0. The Balaban J connectivity index is 1.81. The van der Waals surface area contributed by atoms with Gasteiger partial charge in [-0.2, -0.15) is 0 Å². The van der Waals surface area contributed by atoms with Crippen LogP contribution >= 0.6 is 0 Å². The molecule has 0 amide bonds. The molecule has 126 valence electrons. The normalized spacial score (nSPS) is 23.1. The molecule has 0 radical (unpaired) electrons. The molecule has 1 aliphatic carbocycles. The van der Waals surface area contributed by atoms with E-state index in [1.807, 2.05) is 40.7 Å². The SMILES string of the molecule is Cc1nc(NS(=O)(=O)C2CC2)ccc1B1OC(C)(C)C(C)(C)O1.